The topological polar surface area (TPSA) is 54.4 Å². The average molecular weight is 325 g/mol. The summed E-state index contributed by atoms with van der Waals surface area (Å²) in [5.74, 6) is 0.833. The minimum atomic E-state index is 0.169. The second-order valence-electron chi connectivity index (χ2n) is 6.84. The second-order valence-corrected chi connectivity index (χ2v) is 6.84. The molecule has 2 saturated heterocycles. The number of hydrogen-bond acceptors (Lipinski definition) is 6. The zero-order valence-electron chi connectivity index (χ0n) is 13.8. The van der Waals surface area contributed by atoms with Gasteiger partial charge in [-0.15, -0.1) is 0 Å². The van der Waals surface area contributed by atoms with E-state index in [1.54, 1.807) is 0 Å². The van der Waals surface area contributed by atoms with E-state index in [9.17, 15) is 0 Å². The van der Waals surface area contributed by atoms with Crippen molar-refractivity contribution in [3.05, 3.63) is 48.5 Å². The monoisotopic (exact) mass is 325 g/mol. The number of rotatable bonds is 3. The van der Waals surface area contributed by atoms with Gasteiger partial charge in [-0.3, -0.25) is 9.88 Å². The Kier molecular flexibility index (Phi) is 4.40. The molecule has 6 heteroatoms. The molecule has 0 unspecified atom stereocenters. The quantitative estimate of drug-likeness (QED) is 0.854. The lowest BCUT2D eigenvalue weighted by Gasteiger charge is -2.31. The minimum Gasteiger partial charge on any atom is -0.379 e. The van der Waals surface area contributed by atoms with Crippen LogP contribution in [0.5, 0.6) is 0 Å². The first-order valence-corrected chi connectivity index (χ1v) is 8.54. The van der Waals surface area contributed by atoms with Crippen molar-refractivity contribution in [3.8, 4) is 0 Å². The first-order chi connectivity index (χ1) is 11.8. The summed E-state index contributed by atoms with van der Waals surface area (Å²) in [5, 5.41) is 0. The Labute approximate surface area is 142 Å². The van der Waals surface area contributed by atoms with Gasteiger partial charge < -0.3 is 9.64 Å². The lowest BCUT2D eigenvalue weighted by Crippen LogP contribution is -2.40. The fourth-order valence-electron chi connectivity index (χ4n) is 3.77. The summed E-state index contributed by atoms with van der Waals surface area (Å²) in [7, 11) is 0. The molecule has 2 aromatic heterocycles. The first-order valence-electron chi connectivity index (χ1n) is 8.54. The van der Waals surface area contributed by atoms with Crippen LogP contribution in [0, 0.1) is 5.41 Å². The molecule has 2 fully saturated rings. The van der Waals surface area contributed by atoms with Crippen molar-refractivity contribution in [2.75, 3.05) is 44.3 Å². The van der Waals surface area contributed by atoms with Gasteiger partial charge in [0.2, 0.25) is 5.95 Å². The summed E-state index contributed by atoms with van der Waals surface area (Å²) in [6, 6.07) is 6.05. The van der Waals surface area contributed by atoms with Crippen LogP contribution in [0.3, 0.4) is 0 Å². The molecule has 1 atom stereocenters. The predicted octanol–water partition coefficient (Wildman–Crippen LogP) is 1.60. The van der Waals surface area contributed by atoms with Crippen molar-refractivity contribution < 1.29 is 4.74 Å². The van der Waals surface area contributed by atoms with E-state index < -0.39 is 0 Å². The lowest BCUT2D eigenvalue weighted by molar-refractivity contribution is 0.0798. The molecule has 2 aromatic rings. The molecule has 126 valence electrons. The fourth-order valence-corrected chi connectivity index (χ4v) is 3.77. The predicted molar refractivity (Wildman–Crippen MR) is 91.6 cm³/mol. The molecule has 0 saturated carbocycles. The molecule has 4 rings (SSSR count). The molecule has 0 aliphatic carbocycles. The molecule has 0 radical (unpaired) electrons. The zero-order chi connectivity index (χ0) is 16.2. The third-order valence-corrected chi connectivity index (χ3v) is 4.95. The Hall–Kier alpha value is -2.05. The van der Waals surface area contributed by atoms with E-state index in [0.29, 0.717) is 0 Å². The highest BCUT2D eigenvalue weighted by Crippen LogP contribution is 2.35. The van der Waals surface area contributed by atoms with Crippen LogP contribution >= 0.6 is 0 Å². The van der Waals surface area contributed by atoms with Gasteiger partial charge in [-0.1, -0.05) is 0 Å². The maximum atomic E-state index is 5.96. The Bertz CT molecular complexity index is 653. The van der Waals surface area contributed by atoms with Gasteiger partial charge in [0.05, 0.1) is 13.2 Å². The van der Waals surface area contributed by atoms with Gasteiger partial charge in [0.15, 0.2) is 0 Å². The van der Waals surface area contributed by atoms with Crippen LogP contribution in [-0.4, -0.2) is 59.2 Å². The van der Waals surface area contributed by atoms with E-state index in [0.717, 1.165) is 58.3 Å². The molecular formula is C18H23N5O. The van der Waals surface area contributed by atoms with Crippen LogP contribution in [0.2, 0.25) is 0 Å². The number of pyridine rings is 1. The maximum Gasteiger partial charge on any atom is 0.225 e. The summed E-state index contributed by atoms with van der Waals surface area (Å²) < 4.78 is 5.96. The van der Waals surface area contributed by atoms with Crippen molar-refractivity contribution in [3.63, 3.8) is 0 Å². The highest BCUT2D eigenvalue weighted by molar-refractivity contribution is 5.32. The number of ether oxygens (including phenoxy) is 1. The molecule has 0 amide bonds. The molecule has 0 aromatic carbocycles. The molecule has 0 bridgehead atoms. The van der Waals surface area contributed by atoms with Crippen molar-refractivity contribution in [1.82, 2.24) is 19.9 Å². The normalized spacial score (nSPS) is 25.1. The van der Waals surface area contributed by atoms with Gasteiger partial charge >= 0.3 is 0 Å². The highest BCUT2D eigenvalue weighted by Gasteiger charge is 2.41. The van der Waals surface area contributed by atoms with Crippen LogP contribution in [0.15, 0.2) is 43.0 Å². The van der Waals surface area contributed by atoms with E-state index in [4.69, 9.17) is 4.74 Å². The largest absolute Gasteiger partial charge is 0.379 e. The Balaban J connectivity index is 1.46. The first kappa shape index (κ1) is 15.5. The molecule has 2 aliphatic rings. The Morgan fingerprint density at radius 3 is 2.71 bits per heavy atom. The standard InChI is InChI=1S/C18H23N5O/c1-5-20-17(21-6-1)23-9-4-18(14-23)13-22(10-11-24-15-18)12-16-2-7-19-8-3-16/h1-3,5-8H,4,9-15H2/t18-/m0/s1. The molecular weight excluding hydrogens is 302 g/mol. The second kappa shape index (κ2) is 6.83. The smallest absolute Gasteiger partial charge is 0.225 e. The zero-order valence-corrected chi connectivity index (χ0v) is 13.8. The lowest BCUT2D eigenvalue weighted by atomic mass is 9.87. The summed E-state index contributed by atoms with van der Waals surface area (Å²) in [6.07, 6.45) is 8.48. The maximum absolute atomic E-state index is 5.96. The summed E-state index contributed by atoms with van der Waals surface area (Å²) in [4.78, 5) is 17.7. The number of nitrogens with zero attached hydrogens (tertiary/aromatic N) is 5. The molecule has 4 heterocycles. The van der Waals surface area contributed by atoms with Gasteiger partial charge in [0, 0.05) is 62.9 Å². The van der Waals surface area contributed by atoms with Crippen molar-refractivity contribution >= 4 is 5.95 Å². The number of anilines is 1. The third kappa shape index (κ3) is 3.39. The van der Waals surface area contributed by atoms with Gasteiger partial charge in [0.25, 0.3) is 0 Å². The van der Waals surface area contributed by atoms with E-state index in [1.165, 1.54) is 5.56 Å². The molecule has 6 nitrogen and oxygen atoms in total. The van der Waals surface area contributed by atoms with E-state index >= 15 is 0 Å². The van der Waals surface area contributed by atoms with Crippen LogP contribution < -0.4 is 4.90 Å². The summed E-state index contributed by atoms with van der Waals surface area (Å²) in [6.45, 7) is 6.57. The van der Waals surface area contributed by atoms with Crippen LogP contribution in [0.1, 0.15) is 12.0 Å². The summed E-state index contributed by atoms with van der Waals surface area (Å²) in [5.41, 5.74) is 1.48. The van der Waals surface area contributed by atoms with Crippen LogP contribution in [0.4, 0.5) is 5.95 Å². The van der Waals surface area contributed by atoms with Gasteiger partial charge in [-0.05, 0) is 30.2 Å². The average Bonchev–Trinajstić information content (AvgIpc) is 2.94. The van der Waals surface area contributed by atoms with Gasteiger partial charge in [-0.2, -0.15) is 0 Å². The van der Waals surface area contributed by atoms with Crippen molar-refractivity contribution in [1.29, 1.82) is 0 Å². The number of hydrogen-bond donors (Lipinski definition) is 0. The SMILES string of the molecule is c1cnc(N2CC[C@@]3(COCCN(Cc4ccncc4)C3)C2)nc1. The third-order valence-electron chi connectivity index (χ3n) is 4.95. The highest BCUT2D eigenvalue weighted by atomic mass is 16.5. The summed E-state index contributed by atoms with van der Waals surface area (Å²) >= 11 is 0. The van der Waals surface area contributed by atoms with E-state index in [1.807, 2.05) is 30.9 Å². The molecule has 0 N–H and O–H groups in total. The Morgan fingerprint density at radius 1 is 1.04 bits per heavy atom. The van der Waals surface area contributed by atoms with Gasteiger partial charge in [-0.25, -0.2) is 9.97 Å². The number of aromatic nitrogens is 3. The molecule has 1 spiro atoms. The minimum absolute atomic E-state index is 0.169. The molecule has 24 heavy (non-hydrogen) atoms. The van der Waals surface area contributed by atoms with Crippen LogP contribution in [-0.2, 0) is 11.3 Å². The van der Waals surface area contributed by atoms with E-state index in [-0.39, 0.29) is 5.41 Å². The molecule has 2 aliphatic heterocycles. The van der Waals surface area contributed by atoms with Crippen LogP contribution in [0.25, 0.3) is 0 Å². The van der Waals surface area contributed by atoms with Crippen molar-refractivity contribution in [2.45, 2.75) is 13.0 Å². The van der Waals surface area contributed by atoms with Gasteiger partial charge in [0.1, 0.15) is 0 Å². The van der Waals surface area contributed by atoms with Crippen molar-refractivity contribution in [2.24, 2.45) is 5.41 Å². The fraction of sp³-hybridized carbons (Fsp3) is 0.500. The van der Waals surface area contributed by atoms with E-state index in [2.05, 4.69) is 36.9 Å². The Morgan fingerprint density at radius 2 is 1.88 bits per heavy atom.